The van der Waals surface area contributed by atoms with Gasteiger partial charge in [-0.05, 0) is 112 Å². The largest absolute Gasteiger partial charge is 0.295 e. The van der Waals surface area contributed by atoms with E-state index in [1.54, 1.807) is 0 Å². The van der Waals surface area contributed by atoms with Gasteiger partial charge >= 0.3 is 0 Å². The molecule has 32 heavy (non-hydrogen) atoms. The van der Waals surface area contributed by atoms with Gasteiger partial charge in [-0.1, -0.05) is 49.1 Å². The fourth-order valence-electron chi connectivity index (χ4n) is 5.09. The molecule has 2 heterocycles. The molecule has 0 N–H and O–H groups in total. The van der Waals surface area contributed by atoms with E-state index in [9.17, 15) is 0 Å². The molecule has 0 aromatic carbocycles. The van der Waals surface area contributed by atoms with Crippen molar-refractivity contribution in [2.45, 2.75) is 79.1 Å². The zero-order chi connectivity index (χ0) is 23.1. The van der Waals surface area contributed by atoms with E-state index >= 15 is 0 Å². The molecule has 1 saturated carbocycles. The summed E-state index contributed by atoms with van der Waals surface area (Å²) < 4.78 is 1.27. The standard InChI is InChI=1S/C29H39IN2/c1-6-8-9-21(3)10-11-24-12-14-25(15-13-24)28-16-17-31-29-19-22(4)18-26(20-27(30)7-2)23(5)32(28)29/h6-9,17,20,22,24-25H,5,10-15,18-19H2,1-4H3/b8-6-,21-9+,26-20-,27-7+/t22?,24-,25-. The maximum Gasteiger partial charge on any atom is 0.114 e. The van der Waals surface area contributed by atoms with Gasteiger partial charge in [-0.2, -0.15) is 0 Å². The van der Waals surface area contributed by atoms with Crippen LogP contribution >= 0.6 is 22.6 Å². The first kappa shape index (κ1) is 25.1. The third-order valence-electron chi connectivity index (χ3n) is 7.01. The number of aliphatic imine (C=N–C) groups is 1. The first-order valence-corrected chi connectivity index (χ1v) is 13.3. The lowest BCUT2D eigenvalue weighted by Crippen LogP contribution is -2.34. The molecule has 3 aliphatic rings. The average molecular weight is 543 g/mol. The van der Waals surface area contributed by atoms with Crippen LogP contribution in [0.15, 0.2) is 80.0 Å². The number of rotatable bonds is 6. The SMILES string of the molecule is C=C1/C(=C\C(I)=C/C)CC(C)CC2=NC=C=C([C@H]3CC[C@H](CC/C(C)=C/C=C\C)CC3)N12. The molecular formula is C29H39IN2. The molecule has 0 radical (unpaired) electrons. The van der Waals surface area contributed by atoms with Gasteiger partial charge in [0.1, 0.15) is 5.84 Å². The van der Waals surface area contributed by atoms with Crippen molar-refractivity contribution < 1.29 is 0 Å². The zero-order valence-corrected chi connectivity index (χ0v) is 22.5. The summed E-state index contributed by atoms with van der Waals surface area (Å²) in [7, 11) is 0. The Morgan fingerprint density at radius 1 is 1.25 bits per heavy atom. The molecule has 0 spiro atoms. The average Bonchev–Trinajstić information content (AvgIpc) is 2.92. The molecule has 1 saturated heterocycles. The summed E-state index contributed by atoms with van der Waals surface area (Å²) in [6.45, 7) is 13.3. The molecule has 2 fully saturated rings. The molecule has 3 heteroatoms. The van der Waals surface area contributed by atoms with E-state index in [2.05, 4.69) is 97.9 Å². The Kier molecular flexibility index (Phi) is 9.43. The first-order chi connectivity index (χ1) is 15.4. The van der Waals surface area contributed by atoms with E-state index in [4.69, 9.17) is 4.99 Å². The Bertz CT molecular complexity index is 913. The molecule has 0 aromatic rings. The highest BCUT2D eigenvalue weighted by Gasteiger charge is 2.34. The molecule has 172 valence electrons. The topological polar surface area (TPSA) is 15.6 Å². The normalized spacial score (nSPS) is 28.7. The van der Waals surface area contributed by atoms with Crippen molar-refractivity contribution in [1.29, 1.82) is 0 Å². The lowest BCUT2D eigenvalue weighted by molar-refractivity contribution is 0.270. The van der Waals surface area contributed by atoms with Gasteiger partial charge in [0.05, 0.1) is 11.9 Å². The number of halogens is 1. The number of allylic oxidation sites excluding steroid dienone is 9. The molecule has 2 aliphatic heterocycles. The second-order valence-electron chi connectivity index (χ2n) is 9.64. The van der Waals surface area contributed by atoms with Gasteiger partial charge in [-0.15, -0.1) is 0 Å². The van der Waals surface area contributed by atoms with Crippen molar-refractivity contribution in [2.24, 2.45) is 22.7 Å². The maximum absolute atomic E-state index is 4.75. The van der Waals surface area contributed by atoms with E-state index in [0.717, 1.165) is 30.3 Å². The van der Waals surface area contributed by atoms with Gasteiger partial charge in [0.2, 0.25) is 0 Å². The molecule has 1 unspecified atom stereocenters. The third kappa shape index (κ3) is 6.48. The summed E-state index contributed by atoms with van der Waals surface area (Å²) in [5, 5.41) is 0. The number of hydrogen-bond acceptors (Lipinski definition) is 2. The van der Waals surface area contributed by atoms with Gasteiger partial charge in [-0.3, -0.25) is 4.90 Å². The first-order valence-electron chi connectivity index (χ1n) is 12.2. The van der Waals surface area contributed by atoms with Crippen molar-refractivity contribution >= 4 is 28.4 Å². The predicted octanol–water partition coefficient (Wildman–Crippen LogP) is 9.01. The highest BCUT2D eigenvalue weighted by atomic mass is 127. The summed E-state index contributed by atoms with van der Waals surface area (Å²) in [5.74, 6) is 3.12. The monoisotopic (exact) mass is 542 g/mol. The fraction of sp³-hybridized carbons (Fsp3) is 0.517. The Morgan fingerprint density at radius 2 is 2.00 bits per heavy atom. The van der Waals surface area contributed by atoms with Crippen LogP contribution in [0.25, 0.3) is 0 Å². The van der Waals surface area contributed by atoms with Crippen LogP contribution in [-0.4, -0.2) is 10.7 Å². The van der Waals surface area contributed by atoms with Crippen molar-refractivity contribution in [1.82, 2.24) is 4.90 Å². The van der Waals surface area contributed by atoms with Crippen LogP contribution in [0.4, 0.5) is 0 Å². The smallest absolute Gasteiger partial charge is 0.114 e. The maximum atomic E-state index is 4.75. The Balaban J connectivity index is 1.70. The van der Waals surface area contributed by atoms with Crippen molar-refractivity contribution in [2.75, 3.05) is 0 Å². The second-order valence-corrected chi connectivity index (χ2v) is 10.9. The minimum Gasteiger partial charge on any atom is -0.295 e. The van der Waals surface area contributed by atoms with Gasteiger partial charge in [-0.25, -0.2) is 4.99 Å². The number of fused-ring (bicyclic) bond motifs is 1. The molecule has 1 aliphatic carbocycles. The zero-order valence-electron chi connectivity index (χ0n) is 20.3. The van der Waals surface area contributed by atoms with Crippen LogP contribution in [-0.2, 0) is 0 Å². The summed E-state index contributed by atoms with van der Waals surface area (Å²) in [5.41, 5.74) is 8.78. The van der Waals surface area contributed by atoms with Gasteiger partial charge in [0, 0.05) is 21.6 Å². The van der Waals surface area contributed by atoms with E-state index in [0.29, 0.717) is 11.8 Å². The van der Waals surface area contributed by atoms with Crippen LogP contribution in [0.5, 0.6) is 0 Å². The third-order valence-corrected chi connectivity index (χ3v) is 7.94. The molecule has 1 atom stereocenters. The predicted molar refractivity (Wildman–Crippen MR) is 148 cm³/mol. The highest BCUT2D eigenvalue weighted by molar-refractivity contribution is 14.1. The molecule has 3 rings (SSSR count). The van der Waals surface area contributed by atoms with Crippen LogP contribution < -0.4 is 0 Å². The van der Waals surface area contributed by atoms with Crippen LogP contribution in [0.2, 0.25) is 0 Å². The molecular weight excluding hydrogens is 503 g/mol. The Labute approximate surface area is 209 Å². The van der Waals surface area contributed by atoms with E-state index < -0.39 is 0 Å². The number of amidine groups is 1. The Morgan fingerprint density at radius 3 is 2.69 bits per heavy atom. The number of hydrogen-bond donors (Lipinski definition) is 0. The molecule has 0 amide bonds. The lowest BCUT2D eigenvalue weighted by atomic mass is 9.78. The van der Waals surface area contributed by atoms with E-state index in [1.807, 2.05) is 6.20 Å². The van der Waals surface area contributed by atoms with Crippen molar-refractivity contribution in [3.63, 3.8) is 0 Å². The quantitative estimate of drug-likeness (QED) is 0.186. The summed E-state index contributed by atoms with van der Waals surface area (Å²) in [4.78, 5) is 7.11. The van der Waals surface area contributed by atoms with Gasteiger partial charge in [0.15, 0.2) is 0 Å². The fourth-order valence-corrected chi connectivity index (χ4v) is 5.47. The minimum absolute atomic E-state index is 0.555. The van der Waals surface area contributed by atoms with Crippen LogP contribution in [0.1, 0.15) is 79.1 Å². The summed E-state index contributed by atoms with van der Waals surface area (Å²) in [6, 6.07) is 0. The lowest BCUT2D eigenvalue weighted by Gasteiger charge is -2.37. The van der Waals surface area contributed by atoms with Crippen molar-refractivity contribution in [3.8, 4) is 0 Å². The number of nitrogens with zero attached hydrogens (tertiary/aromatic N) is 2. The minimum atomic E-state index is 0.555. The van der Waals surface area contributed by atoms with E-state index in [-0.39, 0.29) is 0 Å². The molecule has 0 bridgehead atoms. The summed E-state index contributed by atoms with van der Waals surface area (Å²) in [6.07, 6.45) is 22.6. The van der Waals surface area contributed by atoms with E-state index in [1.165, 1.54) is 58.9 Å². The molecule has 2 nitrogen and oxygen atoms in total. The Hall–Kier alpha value is -1.58. The molecule has 0 aromatic heterocycles. The highest BCUT2D eigenvalue weighted by Crippen LogP contribution is 2.41. The van der Waals surface area contributed by atoms with Crippen molar-refractivity contribution in [3.05, 3.63) is 75.0 Å². The van der Waals surface area contributed by atoms with Crippen LogP contribution in [0.3, 0.4) is 0 Å². The summed E-state index contributed by atoms with van der Waals surface area (Å²) >= 11 is 2.41. The second kappa shape index (κ2) is 12.0. The van der Waals surface area contributed by atoms with Gasteiger partial charge in [0.25, 0.3) is 0 Å². The van der Waals surface area contributed by atoms with Gasteiger partial charge < -0.3 is 0 Å². The van der Waals surface area contributed by atoms with Crippen LogP contribution in [0, 0.1) is 17.8 Å².